The smallest absolute Gasteiger partial charge is 0.244 e. The van der Waals surface area contributed by atoms with Gasteiger partial charge in [0.15, 0.2) is 0 Å². The van der Waals surface area contributed by atoms with E-state index < -0.39 is 6.10 Å². The molecule has 0 radical (unpaired) electrons. The quantitative estimate of drug-likeness (QED) is 0.824. The van der Waals surface area contributed by atoms with Crippen molar-refractivity contribution in [3.05, 3.63) is 70.0 Å². The molecule has 22 heavy (non-hydrogen) atoms. The molecule has 2 aromatic rings. The van der Waals surface area contributed by atoms with Crippen molar-refractivity contribution in [3.63, 3.8) is 0 Å². The zero-order valence-electron chi connectivity index (χ0n) is 11.5. The first kappa shape index (κ1) is 16.5. The van der Waals surface area contributed by atoms with Crippen LogP contribution < -0.4 is 5.32 Å². The van der Waals surface area contributed by atoms with Crippen LogP contribution in [0, 0.1) is 0 Å². The molecule has 0 aliphatic heterocycles. The number of nitrogens with zero attached hydrogens (tertiary/aromatic N) is 1. The fraction of sp³-hybridized carbons (Fsp3) is 0.125. The Labute approximate surface area is 138 Å². The van der Waals surface area contributed by atoms with E-state index in [0.717, 1.165) is 0 Å². The molecular weight excluding hydrogens is 323 g/mol. The molecule has 1 aromatic carbocycles. The van der Waals surface area contributed by atoms with Crippen LogP contribution in [0.1, 0.15) is 17.4 Å². The van der Waals surface area contributed by atoms with Crippen LogP contribution in [0.4, 0.5) is 0 Å². The van der Waals surface area contributed by atoms with Gasteiger partial charge in [-0.1, -0.05) is 35.3 Å². The molecule has 0 saturated heterocycles. The Morgan fingerprint density at radius 3 is 2.82 bits per heavy atom. The lowest BCUT2D eigenvalue weighted by Gasteiger charge is -2.13. The molecule has 6 heteroatoms. The standard InChI is InChI=1S/C16H14Cl2N2O2/c17-11-4-6-13(14(18)9-11)15(21)10-20-16(22)7-5-12-3-1-2-8-19-12/h1-9,15,21H,10H2,(H,20,22)/b7-5+. The Morgan fingerprint density at radius 2 is 2.14 bits per heavy atom. The zero-order valence-corrected chi connectivity index (χ0v) is 13.1. The van der Waals surface area contributed by atoms with Crippen molar-refractivity contribution in [3.8, 4) is 0 Å². The van der Waals surface area contributed by atoms with Gasteiger partial charge in [0.05, 0.1) is 11.8 Å². The third-order valence-electron chi connectivity index (χ3n) is 2.88. The van der Waals surface area contributed by atoms with Gasteiger partial charge in [-0.15, -0.1) is 0 Å². The highest BCUT2D eigenvalue weighted by molar-refractivity contribution is 6.35. The molecule has 1 atom stereocenters. The lowest BCUT2D eigenvalue weighted by atomic mass is 10.1. The van der Waals surface area contributed by atoms with Gasteiger partial charge < -0.3 is 10.4 Å². The number of hydrogen-bond acceptors (Lipinski definition) is 3. The number of carbonyl (C=O) groups excluding carboxylic acids is 1. The van der Waals surface area contributed by atoms with Crippen LogP contribution in [0.5, 0.6) is 0 Å². The second kappa shape index (κ2) is 7.94. The molecule has 1 heterocycles. The van der Waals surface area contributed by atoms with Crippen molar-refractivity contribution < 1.29 is 9.90 Å². The monoisotopic (exact) mass is 336 g/mol. The van der Waals surface area contributed by atoms with Crippen LogP contribution in [0.3, 0.4) is 0 Å². The van der Waals surface area contributed by atoms with E-state index in [1.54, 1.807) is 42.6 Å². The fourth-order valence-electron chi connectivity index (χ4n) is 1.77. The van der Waals surface area contributed by atoms with Gasteiger partial charge >= 0.3 is 0 Å². The molecule has 1 unspecified atom stereocenters. The minimum atomic E-state index is -0.906. The summed E-state index contributed by atoms with van der Waals surface area (Å²) in [5, 5.41) is 13.5. The second-order valence-corrected chi connectivity index (χ2v) is 5.36. The van der Waals surface area contributed by atoms with Crippen molar-refractivity contribution in [1.29, 1.82) is 0 Å². The number of aliphatic hydroxyl groups excluding tert-OH is 1. The van der Waals surface area contributed by atoms with E-state index >= 15 is 0 Å². The minimum Gasteiger partial charge on any atom is -0.387 e. The van der Waals surface area contributed by atoms with E-state index in [9.17, 15) is 9.90 Å². The molecule has 0 aliphatic rings. The molecule has 0 saturated carbocycles. The average Bonchev–Trinajstić information content (AvgIpc) is 2.51. The molecule has 2 rings (SSSR count). The summed E-state index contributed by atoms with van der Waals surface area (Å²) in [5.74, 6) is -0.324. The van der Waals surface area contributed by atoms with Gasteiger partial charge in [0.2, 0.25) is 5.91 Å². The Kier molecular flexibility index (Phi) is 5.95. The molecule has 0 bridgehead atoms. The lowest BCUT2D eigenvalue weighted by molar-refractivity contribution is -0.116. The minimum absolute atomic E-state index is 0.0484. The second-order valence-electron chi connectivity index (χ2n) is 4.51. The molecule has 4 nitrogen and oxygen atoms in total. The highest BCUT2D eigenvalue weighted by Crippen LogP contribution is 2.25. The normalized spacial score (nSPS) is 12.3. The Morgan fingerprint density at radius 1 is 1.32 bits per heavy atom. The van der Waals surface area contributed by atoms with Crippen molar-refractivity contribution in [2.75, 3.05) is 6.54 Å². The SMILES string of the molecule is O=C(/C=C/c1ccccn1)NCC(O)c1ccc(Cl)cc1Cl. The predicted molar refractivity (Wildman–Crippen MR) is 87.7 cm³/mol. The molecule has 1 amide bonds. The van der Waals surface area contributed by atoms with E-state index in [1.165, 1.54) is 6.08 Å². The Balaban J connectivity index is 1.89. The molecule has 0 fully saturated rings. The maximum atomic E-state index is 11.7. The fourth-order valence-corrected chi connectivity index (χ4v) is 2.31. The zero-order chi connectivity index (χ0) is 15.9. The first-order valence-electron chi connectivity index (χ1n) is 6.56. The first-order chi connectivity index (χ1) is 10.6. The van der Waals surface area contributed by atoms with Crippen molar-refractivity contribution >= 4 is 35.2 Å². The number of benzene rings is 1. The summed E-state index contributed by atoms with van der Waals surface area (Å²) in [4.78, 5) is 15.8. The van der Waals surface area contributed by atoms with E-state index in [2.05, 4.69) is 10.3 Å². The van der Waals surface area contributed by atoms with Gasteiger partial charge in [-0.2, -0.15) is 0 Å². The van der Waals surface area contributed by atoms with Gasteiger partial charge in [-0.3, -0.25) is 9.78 Å². The van der Waals surface area contributed by atoms with Gasteiger partial charge in [0.25, 0.3) is 0 Å². The molecule has 1 aromatic heterocycles. The third-order valence-corrected chi connectivity index (χ3v) is 3.45. The lowest BCUT2D eigenvalue weighted by Crippen LogP contribution is -2.26. The molecule has 2 N–H and O–H groups in total. The number of carbonyl (C=O) groups is 1. The maximum Gasteiger partial charge on any atom is 0.244 e. The highest BCUT2D eigenvalue weighted by atomic mass is 35.5. The van der Waals surface area contributed by atoms with E-state index in [-0.39, 0.29) is 12.5 Å². The number of amides is 1. The maximum absolute atomic E-state index is 11.7. The molecule has 0 spiro atoms. The van der Waals surface area contributed by atoms with Crippen molar-refractivity contribution in [1.82, 2.24) is 10.3 Å². The van der Waals surface area contributed by atoms with Crippen LogP contribution in [-0.4, -0.2) is 22.5 Å². The first-order valence-corrected chi connectivity index (χ1v) is 7.32. The van der Waals surface area contributed by atoms with Crippen LogP contribution in [0.15, 0.2) is 48.7 Å². The topological polar surface area (TPSA) is 62.2 Å². The van der Waals surface area contributed by atoms with Gasteiger partial charge in [0.1, 0.15) is 0 Å². The number of hydrogen-bond donors (Lipinski definition) is 2. The molecule has 0 aliphatic carbocycles. The van der Waals surface area contributed by atoms with Crippen LogP contribution in [0.25, 0.3) is 6.08 Å². The number of pyridine rings is 1. The number of aromatic nitrogens is 1. The van der Waals surface area contributed by atoms with Crippen molar-refractivity contribution in [2.45, 2.75) is 6.10 Å². The molecular formula is C16H14Cl2N2O2. The summed E-state index contributed by atoms with van der Waals surface area (Å²) in [7, 11) is 0. The van der Waals surface area contributed by atoms with E-state index in [1.807, 2.05) is 6.07 Å². The summed E-state index contributed by atoms with van der Waals surface area (Å²) in [6, 6.07) is 10.2. The van der Waals surface area contributed by atoms with Gasteiger partial charge in [0, 0.05) is 34.4 Å². The third kappa shape index (κ3) is 4.84. The average molecular weight is 337 g/mol. The number of halogens is 2. The van der Waals surface area contributed by atoms with Gasteiger partial charge in [-0.25, -0.2) is 0 Å². The summed E-state index contributed by atoms with van der Waals surface area (Å²) in [6.45, 7) is 0.0484. The summed E-state index contributed by atoms with van der Waals surface area (Å²) >= 11 is 11.8. The van der Waals surface area contributed by atoms with Gasteiger partial charge in [-0.05, 0) is 30.3 Å². The van der Waals surface area contributed by atoms with Crippen LogP contribution in [-0.2, 0) is 4.79 Å². The highest BCUT2D eigenvalue weighted by Gasteiger charge is 2.12. The predicted octanol–water partition coefficient (Wildman–Crippen LogP) is 3.25. The van der Waals surface area contributed by atoms with Crippen LogP contribution >= 0.6 is 23.2 Å². The van der Waals surface area contributed by atoms with Crippen molar-refractivity contribution in [2.24, 2.45) is 0 Å². The number of rotatable bonds is 5. The van der Waals surface area contributed by atoms with E-state index in [0.29, 0.717) is 21.3 Å². The van der Waals surface area contributed by atoms with Crippen LogP contribution in [0.2, 0.25) is 10.0 Å². The Hall–Kier alpha value is -1.88. The van der Waals surface area contributed by atoms with E-state index in [4.69, 9.17) is 23.2 Å². The number of nitrogens with one attached hydrogen (secondary N) is 1. The largest absolute Gasteiger partial charge is 0.387 e. The summed E-state index contributed by atoms with van der Waals surface area (Å²) in [5.41, 5.74) is 1.19. The molecule has 114 valence electrons. The number of aliphatic hydroxyl groups is 1. The summed E-state index contributed by atoms with van der Waals surface area (Å²) < 4.78 is 0. The summed E-state index contributed by atoms with van der Waals surface area (Å²) in [6.07, 6.45) is 3.69. The Bertz CT molecular complexity index is 675.